The first-order chi connectivity index (χ1) is 8.22. The van der Waals surface area contributed by atoms with Gasteiger partial charge in [-0.2, -0.15) is 11.8 Å². The first-order valence-corrected chi connectivity index (χ1v) is 8.45. The summed E-state index contributed by atoms with van der Waals surface area (Å²) in [6.45, 7) is 11.1. The third-order valence-corrected chi connectivity index (χ3v) is 5.37. The highest BCUT2D eigenvalue weighted by atomic mass is 32.2. The average Bonchev–Trinajstić information content (AvgIpc) is 2.75. The van der Waals surface area contributed by atoms with Gasteiger partial charge >= 0.3 is 0 Å². The third-order valence-electron chi connectivity index (χ3n) is 4.44. The molecule has 0 aromatic heterocycles. The molecule has 0 spiro atoms. The molecule has 0 saturated carbocycles. The van der Waals surface area contributed by atoms with Crippen LogP contribution in [0.3, 0.4) is 0 Å². The molecule has 0 aromatic rings. The van der Waals surface area contributed by atoms with Crippen LogP contribution in [-0.4, -0.2) is 59.1 Å². The highest BCUT2D eigenvalue weighted by Gasteiger charge is 2.35. The van der Waals surface area contributed by atoms with E-state index >= 15 is 0 Å². The normalized spacial score (nSPS) is 32.6. The van der Waals surface area contributed by atoms with E-state index in [1.165, 1.54) is 50.4 Å². The highest BCUT2D eigenvalue weighted by molar-refractivity contribution is 7.99. The van der Waals surface area contributed by atoms with Gasteiger partial charge in [0.15, 0.2) is 0 Å². The van der Waals surface area contributed by atoms with Gasteiger partial charge in [-0.1, -0.05) is 6.92 Å². The van der Waals surface area contributed by atoms with Crippen molar-refractivity contribution in [3.63, 3.8) is 0 Å². The summed E-state index contributed by atoms with van der Waals surface area (Å²) in [7, 11) is 0. The van der Waals surface area contributed by atoms with Crippen LogP contribution >= 0.6 is 11.8 Å². The van der Waals surface area contributed by atoms with Crippen molar-refractivity contribution in [2.24, 2.45) is 0 Å². The SMILES string of the molecule is CCSCCC(C)N1CC2CCCN2CC1C. The van der Waals surface area contributed by atoms with E-state index in [1.807, 2.05) is 0 Å². The van der Waals surface area contributed by atoms with Crippen LogP contribution in [0.1, 0.15) is 40.0 Å². The monoisotopic (exact) mass is 256 g/mol. The Morgan fingerprint density at radius 2 is 2.18 bits per heavy atom. The smallest absolute Gasteiger partial charge is 0.0224 e. The van der Waals surface area contributed by atoms with Gasteiger partial charge in [0.2, 0.25) is 0 Å². The van der Waals surface area contributed by atoms with E-state index in [0.29, 0.717) is 0 Å². The Balaban J connectivity index is 1.82. The summed E-state index contributed by atoms with van der Waals surface area (Å²) in [5.41, 5.74) is 0. The lowest BCUT2D eigenvalue weighted by atomic mass is 10.0. The minimum atomic E-state index is 0.756. The second-order valence-electron chi connectivity index (χ2n) is 5.67. The third kappa shape index (κ3) is 3.39. The maximum atomic E-state index is 2.77. The molecule has 2 nitrogen and oxygen atoms in total. The van der Waals surface area contributed by atoms with Gasteiger partial charge in [-0.3, -0.25) is 9.80 Å². The Kier molecular flexibility index (Phi) is 5.19. The number of hydrogen-bond acceptors (Lipinski definition) is 3. The van der Waals surface area contributed by atoms with Crippen LogP contribution in [0, 0.1) is 0 Å². The van der Waals surface area contributed by atoms with Crippen molar-refractivity contribution < 1.29 is 0 Å². The molecule has 2 saturated heterocycles. The Morgan fingerprint density at radius 1 is 1.35 bits per heavy atom. The van der Waals surface area contributed by atoms with Crippen LogP contribution in [0.2, 0.25) is 0 Å². The molecule has 2 fully saturated rings. The molecule has 0 bridgehead atoms. The van der Waals surface area contributed by atoms with Crippen molar-refractivity contribution in [2.45, 2.75) is 58.2 Å². The van der Waals surface area contributed by atoms with E-state index in [9.17, 15) is 0 Å². The van der Waals surface area contributed by atoms with Crippen LogP contribution in [0.5, 0.6) is 0 Å². The zero-order valence-electron chi connectivity index (χ0n) is 11.7. The van der Waals surface area contributed by atoms with Gasteiger partial charge < -0.3 is 0 Å². The molecule has 3 heteroatoms. The van der Waals surface area contributed by atoms with Crippen LogP contribution in [0.4, 0.5) is 0 Å². The van der Waals surface area contributed by atoms with Gasteiger partial charge in [0.05, 0.1) is 0 Å². The fourth-order valence-electron chi connectivity index (χ4n) is 3.39. The molecule has 17 heavy (non-hydrogen) atoms. The number of thioether (sulfide) groups is 1. The van der Waals surface area contributed by atoms with E-state index < -0.39 is 0 Å². The van der Waals surface area contributed by atoms with Gasteiger partial charge in [-0.15, -0.1) is 0 Å². The van der Waals surface area contributed by atoms with Crippen LogP contribution < -0.4 is 0 Å². The second kappa shape index (κ2) is 6.44. The second-order valence-corrected chi connectivity index (χ2v) is 7.07. The molecule has 0 aromatic carbocycles. The molecule has 2 aliphatic rings. The number of fused-ring (bicyclic) bond motifs is 1. The summed E-state index contributed by atoms with van der Waals surface area (Å²) < 4.78 is 0. The standard InChI is InChI=1S/C14H28N2S/c1-4-17-9-7-12(2)16-11-14-6-5-8-15(14)10-13(16)3/h12-14H,4-11H2,1-3H3. The Bertz CT molecular complexity index is 234. The molecule has 0 radical (unpaired) electrons. The Hall–Kier alpha value is 0.270. The van der Waals surface area contributed by atoms with Crippen LogP contribution in [-0.2, 0) is 0 Å². The summed E-state index contributed by atoms with van der Waals surface area (Å²) in [5, 5.41) is 0. The largest absolute Gasteiger partial charge is 0.298 e. The van der Waals surface area contributed by atoms with E-state index in [4.69, 9.17) is 0 Å². The molecule has 0 amide bonds. The quantitative estimate of drug-likeness (QED) is 0.698. The molecule has 3 atom stereocenters. The molecule has 2 aliphatic heterocycles. The van der Waals surface area contributed by atoms with E-state index in [0.717, 1.165) is 18.1 Å². The minimum Gasteiger partial charge on any atom is -0.298 e. The lowest BCUT2D eigenvalue weighted by Crippen LogP contribution is -2.57. The number of nitrogens with zero attached hydrogens (tertiary/aromatic N) is 2. The van der Waals surface area contributed by atoms with Crippen molar-refractivity contribution in [3.05, 3.63) is 0 Å². The first kappa shape index (κ1) is 13.7. The van der Waals surface area contributed by atoms with Crippen molar-refractivity contribution in [1.29, 1.82) is 0 Å². The Morgan fingerprint density at radius 3 is 2.94 bits per heavy atom. The molecule has 0 N–H and O–H groups in total. The predicted molar refractivity (Wildman–Crippen MR) is 77.8 cm³/mol. The number of hydrogen-bond donors (Lipinski definition) is 0. The molecule has 2 heterocycles. The fourth-order valence-corrected chi connectivity index (χ4v) is 4.18. The zero-order chi connectivity index (χ0) is 12.3. The predicted octanol–water partition coefficient (Wildman–Crippen LogP) is 2.69. The van der Waals surface area contributed by atoms with Crippen molar-refractivity contribution in [3.8, 4) is 0 Å². The lowest BCUT2D eigenvalue weighted by molar-refractivity contribution is 0.0324. The summed E-state index contributed by atoms with van der Waals surface area (Å²) in [5.74, 6) is 2.59. The highest BCUT2D eigenvalue weighted by Crippen LogP contribution is 2.26. The number of rotatable bonds is 5. The average molecular weight is 256 g/mol. The fraction of sp³-hybridized carbons (Fsp3) is 1.00. The van der Waals surface area contributed by atoms with Crippen molar-refractivity contribution in [2.75, 3.05) is 31.1 Å². The topological polar surface area (TPSA) is 6.48 Å². The van der Waals surface area contributed by atoms with Gasteiger partial charge in [-0.05, 0) is 51.2 Å². The van der Waals surface area contributed by atoms with E-state index in [2.05, 4.69) is 42.3 Å². The summed E-state index contributed by atoms with van der Waals surface area (Å²) in [6.07, 6.45) is 4.21. The molecule has 100 valence electrons. The summed E-state index contributed by atoms with van der Waals surface area (Å²) in [4.78, 5) is 5.48. The van der Waals surface area contributed by atoms with E-state index in [-0.39, 0.29) is 0 Å². The van der Waals surface area contributed by atoms with Crippen LogP contribution in [0.15, 0.2) is 0 Å². The van der Waals surface area contributed by atoms with Gasteiger partial charge in [0.1, 0.15) is 0 Å². The maximum Gasteiger partial charge on any atom is 0.0224 e. The van der Waals surface area contributed by atoms with Crippen LogP contribution in [0.25, 0.3) is 0 Å². The molecule has 2 rings (SSSR count). The molecule has 0 aliphatic carbocycles. The maximum absolute atomic E-state index is 2.77. The summed E-state index contributed by atoms with van der Waals surface area (Å²) in [6, 6.07) is 2.39. The lowest BCUT2D eigenvalue weighted by Gasteiger charge is -2.45. The number of piperazine rings is 1. The van der Waals surface area contributed by atoms with E-state index in [1.54, 1.807) is 0 Å². The minimum absolute atomic E-state index is 0.756. The first-order valence-electron chi connectivity index (χ1n) is 7.30. The molecule has 3 unspecified atom stereocenters. The van der Waals surface area contributed by atoms with Gasteiger partial charge in [0.25, 0.3) is 0 Å². The Labute approximate surface area is 111 Å². The zero-order valence-corrected chi connectivity index (χ0v) is 12.5. The molecular weight excluding hydrogens is 228 g/mol. The summed E-state index contributed by atoms with van der Waals surface area (Å²) >= 11 is 2.08. The molecular formula is C14H28N2S. The van der Waals surface area contributed by atoms with Gasteiger partial charge in [-0.25, -0.2) is 0 Å². The van der Waals surface area contributed by atoms with Crippen molar-refractivity contribution >= 4 is 11.8 Å². The van der Waals surface area contributed by atoms with Crippen molar-refractivity contribution in [1.82, 2.24) is 9.80 Å². The van der Waals surface area contributed by atoms with Gasteiger partial charge in [0, 0.05) is 31.2 Å².